The highest BCUT2D eigenvalue weighted by molar-refractivity contribution is 5.98. The number of methoxy groups -OCH3 is 1. The van der Waals surface area contributed by atoms with Crippen molar-refractivity contribution in [3.05, 3.63) is 77.1 Å². The van der Waals surface area contributed by atoms with Crippen LogP contribution in [0.2, 0.25) is 0 Å². The van der Waals surface area contributed by atoms with Crippen molar-refractivity contribution in [3.8, 4) is 17.4 Å². The summed E-state index contributed by atoms with van der Waals surface area (Å²) in [5, 5.41) is 0. The fourth-order valence-electron chi connectivity index (χ4n) is 6.02. The molecule has 0 N–H and O–H groups in total. The van der Waals surface area contributed by atoms with Crippen LogP contribution in [-0.4, -0.2) is 47.9 Å². The Hall–Kier alpha value is -4.61. The van der Waals surface area contributed by atoms with Gasteiger partial charge >= 0.3 is 24.1 Å². The van der Waals surface area contributed by atoms with Crippen molar-refractivity contribution in [1.82, 2.24) is 9.55 Å². The van der Waals surface area contributed by atoms with Crippen LogP contribution in [0.25, 0.3) is 16.7 Å². The summed E-state index contributed by atoms with van der Waals surface area (Å²) >= 11 is 0. The monoisotopic (exact) mass is 597 g/mol. The van der Waals surface area contributed by atoms with Crippen LogP contribution in [0, 0.1) is 5.82 Å². The molecule has 1 amide bonds. The molecule has 8 nitrogen and oxygen atoms in total. The summed E-state index contributed by atoms with van der Waals surface area (Å²) in [6.07, 6.45) is -4.53. The predicted octanol–water partition coefficient (Wildman–Crippen LogP) is 6.19. The number of carbonyl (C=O) groups is 2. The number of hydrogen-bond acceptors (Lipinski definition) is 6. The van der Waals surface area contributed by atoms with Crippen LogP contribution in [0.1, 0.15) is 48.4 Å². The number of alkyl halides is 3. The first kappa shape index (κ1) is 28.5. The van der Waals surface area contributed by atoms with E-state index in [2.05, 4.69) is 4.98 Å². The maximum Gasteiger partial charge on any atom is 0.471 e. The summed E-state index contributed by atoms with van der Waals surface area (Å²) < 4.78 is 74.3. The molecule has 1 aromatic heterocycles. The van der Waals surface area contributed by atoms with Gasteiger partial charge in [0, 0.05) is 29.3 Å². The molecule has 2 aliphatic rings. The topological polar surface area (TPSA) is 82.9 Å². The molecule has 12 heteroatoms. The maximum atomic E-state index is 14.3. The van der Waals surface area contributed by atoms with Crippen molar-refractivity contribution in [2.24, 2.45) is 0 Å². The average molecular weight is 598 g/mol. The van der Waals surface area contributed by atoms with Gasteiger partial charge in [-0.15, -0.1) is 0 Å². The fraction of sp³-hybridized carbons (Fsp3) is 0.323. The number of carbonyl (C=O) groups excluding carboxylic acids is 2. The standard InChI is InChI=1S/C31H27F4N3O5/c1-3-42-30-36-23-11-7-18(32)14-26(23)38(30)24-6-4-5-21-22(24)10-12-25(21)37(29(40)31(33,34)35)19-8-9-20-17(13-28(39)41-2)16-43-27(20)15-19/h4-9,11,14-15,17,25H,3,10,12-13,16H2,1-2H3/t17-,25?/m1/s1. The lowest BCUT2D eigenvalue weighted by Gasteiger charge is -2.31. The van der Waals surface area contributed by atoms with Gasteiger partial charge in [-0.3, -0.25) is 19.1 Å². The number of benzene rings is 3. The van der Waals surface area contributed by atoms with Crippen molar-refractivity contribution in [3.63, 3.8) is 0 Å². The molecule has 224 valence electrons. The average Bonchev–Trinajstić information content (AvgIpc) is 3.68. The van der Waals surface area contributed by atoms with Gasteiger partial charge in [0.15, 0.2) is 0 Å². The summed E-state index contributed by atoms with van der Waals surface area (Å²) in [7, 11) is 1.28. The molecule has 0 bridgehead atoms. The van der Waals surface area contributed by atoms with Gasteiger partial charge in [0.2, 0.25) is 0 Å². The van der Waals surface area contributed by atoms with E-state index in [4.69, 9.17) is 14.2 Å². The maximum absolute atomic E-state index is 14.3. The van der Waals surface area contributed by atoms with Gasteiger partial charge < -0.3 is 14.2 Å². The summed E-state index contributed by atoms with van der Waals surface area (Å²) in [5.41, 5.74) is 3.43. The molecule has 0 saturated heterocycles. The number of halogens is 4. The first-order valence-corrected chi connectivity index (χ1v) is 13.8. The molecule has 0 saturated carbocycles. The lowest BCUT2D eigenvalue weighted by Crippen LogP contribution is -2.43. The molecule has 2 heterocycles. The molecule has 1 aliphatic heterocycles. The van der Waals surface area contributed by atoms with Gasteiger partial charge in [0.05, 0.1) is 49.5 Å². The minimum Gasteiger partial charge on any atom is -0.493 e. The molecule has 0 fully saturated rings. The Morgan fingerprint density at radius 1 is 1.12 bits per heavy atom. The fourth-order valence-corrected chi connectivity index (χ4v) is 6.02. The Bertz CT molecular complexity index is 1730. The Labute approximate surface area is 243 Å². The molecule has 6 rings (SSSR count). The van der Waals surface area contributed by atoms with Gasteiger partial charge in [0.1, 0.15) is 11.6 Å². The van der Waals surface area contributed by atoms with Gasteiger partial charge in [-0.25, -0.2) is 4.39 Å². The van der Waals surface area contributed by atoms with Crippen LogP contribution < -0.4 is 14.4 Å². The van der Waals surface area contributed by atoms with Gasteiger partial charge in [-0.2, -0.15) is 18.2 Å². The second-order valence-electron chi connectivity index (χ2n) is 10.4. The molecule has 1 aliphatic carbocycles. The third-order valence-electron chi connectivity index (χ3n) is 7.88. The quantitative estimate of drug-likeness (QED) is 0.187. The lowest BCUT2D eigenvalue weighted by molar-refractivity contribution is -0.171. The van der Waals surface area contributed by atoms with Crippen LogP contribution in [0.3, 0.4) is 0 Å². The van der Waals surface area contributed by atoms with E-state index in [1.165, 1.54) is 37.4 Å². The lowest BCUT2D eigenvalue weighted by atomic mass is 9.97. The number of anilines is 1. The number of aromatic nitrogens is 2. The molecule has 3 aromatic carbocycles. The van der Waals surface area contributed by atoms with Crippen molar-refractivity contribution in [2.75, 3.05) is 25.2 Å². The molecule has 0 radical (unpaired) electrons. The zero-order valence-electron chi connectivity index (χ0n) is 23.3. The number of ether oxygens (including phenoxy) is 3. The number of imidazole rings is 1. The minimum absolute atomic E-state index is 0.0215. The van der Waals surface area contributed by atoms with E-state index in [0.29, 0.717) is 45.6 Å². The number of nitrogens with zero attached hydrogens (tertiary/aromatic N) is 3. The van der Waals surface area contributed by atoms with E-state index in [0.717, 1.165) is 4.90 Å². The van der Waals surface area contributed by atoms with Crippen LogP contribution in [0.5, 0.6) is 11.8 Å². The third kappa shape index (κ3) is 5.04. The largest absolute Gasteiger partial charge is 0.493 e. The predicted molar refractivity (Wildman–Crippen MR) is 148 cm³/mol. The molecule has 1 unspecified atom stereocenters. The molecule has 43 heavy (non-hydrogen) atoms. The van der Waals surface area contributed by atoms with E-state index in [-0.39, 0.29) is 43.7 Å². The van der Waals surface area contributed by atoms with Gasteiger partial charge in [0.25, 0.3) is 0 Å². The number of amides is 1. The Morgan fingerprint density at radius 2 is 1.93 bits per heavy atom. The van der Waals surface area contributed by atoms with Crippen LogP contribution in [0.4, 0.5) is 23.2 Å². The highest BCUT2D eigenvalue weighted by Crippen LogP contribution is 2.46. The number of esters is 1. The first-order valence-electron chi connectivity index (χ1n) is 13.8. The van der Waals surface area contributed by atoms with Gasteiger partial charge in [-0.05, 0) is 55.2 Å². The van der Waals surface area contributed by atoms with Crippen LogP contribution >= 0.6 is 0 Å². The minimum atomic E-state index is -5.14. The van der Waals surface area contributed by atoms with E-state index in [1.807, 2.05) is 0 Å². The second kappa shape index (κ2) is 10.9. The molecular formula is C31H27F4N3O5. The number of hydrogen-bond donors (Lipinski definition) is 0. The smallest absolute Gasteiger partial charge is 0.471 e. The molecule has 2 atom stereocenters. The van der Waals surface area contributed by atoms with Crippen molar-refractivity contribution in [2.45, 2.75) is 44.3 Å². The van der Waals surface area contributed by atoms with Crippen molar-refractivity contribution in [1.29, 1.82) is 0 Å². The van der Waals surface area contributed by atoms with E-state index >= 15 is 0 Å². The summed E-state index contributed by atoms with van der Waals surface area (Å²) in [5.74, 6) is -2.92. The van der Waals surface area contributed by atoms with Crippen LogP contribution in [0.15, 0.2) is 54.6 Å². The second-order valence-corrected chi connectivity index (χ2v) is 10.4. The molecule has 4 aromatic rings. The van der Waals surface area contributed by atoms with Crippen molar-refractivity contribution < 1.29 is 41.4 Å². The number of fused-ring (bicyclic) bond motifs is 3. The molecular weight excluding hydrogens is 570 g/mol. The van der Waals surface area contributed by atoms with E-state index < -0.39 is 29.9 Å². The summed E-state index contributed by atoms with van der Waals surface area (Å²) in [6.45, 7) is 2.24. The third-order valence-corrected chi connectivity index (χ3v) is 7.88. The van der Waals surface area contributed by atoms with E-state index in [1.54, 1.807) is 35.8 Å². The Kier molecular flexibility index (Phi) is 7.23. The number of rotatable bonds is 7. The Balaban J connectivity index is 1.44. The molecule has 0 spiro atoms. The summed E-state index contributed by atoms with van der Waals surface area (Å²) in [6, 6.07) is 13.0. The highest BCUT2D eigenvalue weighted by Gasteiger charge is 2.47. The Morgan fingerprint density at radius 3 is 2.67 bits per heavy atom. The summed E-state index contributed by atoms with van der Waals surface area (Å²) in [4.78, 5) is 30.1. The zero-order chi connectivity index (χ0) is 30.5. The van der Waals surface area contributed by atoms with Crippen molar-refractivity contribution >= 4 is 28.6 Å². The SMILES string of the molecule is CCOc1nc2ccc(F)cc2n1-c1cccc2c1CCC2N(C(=O)C(F)(F)F)c1ccc2c(c1)OC[C@H]2CC(=O)OC. The van der Waals surface area contributed by atoms with Crippen LogP contribution in [-0.2, 0) is 20.7 Å². The first-order chi connectivity index (χ1) is 20.6. The normalized spacial score (nSPS) is 17.3. The van der Waals surface area contributed by atoms with Gasteiger partial charge in [-0.1, -0.05) is 18.2 Å². The highest BCUT2D eigenvalue weighted by atomic mass is 19.4. The van der Waals surface area contributed by atoms with E-state index in [9.17, 15) is 27.2 Å². The zero-order valence-corrected chi connectivity index (χ0v) is 23.3.